The van der Waals surface area contributed by atoms with Gasteiger partial charge in [-0.25, -0.2) is 0 Å². The van der Waals surface area contributed by atoms with Crippen LogP contribution in [0.1, 0.15) is 29.2 Å². The Bertz CT molecular complexity index is 564. The maximum Gasteiger partial charge on any atom is 0.221 e. The van der Waals surface area contributed by atoms with Gasteiger partial charge < -0.3 is 11.1 Å². The number of amides is 1. The van der Waals surface area contributed by atoms with Crippen LogP contribution in [-0.2, 0) is 11.2 Å². The average molecular weight is 282 g/mol. The highest BCUT2D eigenvalue weighted by molar-refractivity contribution is 5.76. The summed E-state index contributed by atoms with van der Waals surface area (Å²) in [6, 6.07) is 17.8. The molecule has 0 aliphatic carbocycles. The van der Waals surface area contributed by atoms with Crippen LogP contribution >= 0.6 is 0 Å². The third-order valence-electron chi connectivity index (χ3n) is 3.49. The van der Waals surface area contributed by atoms with Crippen LogP contribution in [0.25, 0.3) is 0 Å². The van der Waals surface area contributed by atoms with E-state index in [2.05, 4.69) is 36.5 Å². The van der Waals surface area contributed by atoms with Crippen molar-refractivity contribution < 1.29 is 4.79 Å². The molecular weight excluding hydrogens is 260 g/mol. The zero-order chi connectivity index (χ0) is 15.1. The number of rotatable bonds is 6. The van der Waals surface area contributed by atoms with Crippen molar-refractivity contribution in [2.75, 3.05) is 6.54 Å². The van der Waals surface area contributed by atoms with E-state index in [1.807, 2.05) is 30.3 Å². The predicted molar refractivity (Wildman–Crippen MR) is 85.9 cm³/mol. The summed E-state index contributed by atoms with van der Waals surface area (Å²) in [6.07, 6.45) is 1.16. The Balaban J connectivity index is 1.73. The monoisotopic (exact) mass is 282 g/mol. The van der Waals surface area contributed by atoms with Crippen molar-refractivity contribution >= 4 is 5.91 Å². The highest BCUT2D eigenvalue weighted by atomic mass is 16.1. The van der Waals surface area contributed by atoms with Gasteiger partial charge in [0.2, 0.25) is 5.91 Å². The van der Waals surface area contributed by atoms with Crippen LogP contribution < -0.4 is 11.1 Å². The Morgan fingerprint density at radius 1 is 1.10 bits per heavy atom. The zero-order valence-corrected chi connectivity index (χ0v) is 12.4. The van der Waals surface area contributed by atoms with Gasteiger partial charge in [0, 0.05) is 19.0 Å². The van der Waals surface area contributed by atoms with Crippen LogP contribution in [0.5, 0.6) is 0 Å². The topological polar surface area (TPSA) is 55.1 Å². The molecule has 21 heavy (non-hydrogen) atoms. The summed E-state index contributed by atoms with van der Waals surface area (Å²) in [7, 11) is 0. The number of hydrogen-bond acceptors (Lipinski definition) is 2. The molecule has 1 atom stereocenters. The van der Waals surface area contributed by atoms with Crippen LogP contribution in [0.15, 0.2) is 54.6 Å². The Kier molecular flexibility index (Phi) is 5.52. The standard InChI is InChI=1S/C18H22N2O/c1-14-7-9-15(10-8-14)11-12-20-18(21)13-17(19)16-5-3-2-4-6-16/h2-10,17H,11-13,19H2,1H3,(H,20,21). The molecule has 3 N–H and O–H groups in total. The van der Waals surface area contributed by atoms with Crippen LogP contribution in [0.3, 0.4) is 0 Å². The maximum atomic E-state index is 11.9. The van der Waals surface area contributed by atoms with Gasteiger partial charge >= 0.3 is 0 Å². The fraction of sp³-hybridized carbons (Fsp3) is 0.278. The molecule has 0 aromatic heterocycles. The minimum absolute atomic E-state index is 0.00142. The molecule has 0 spiro atoms. The second-order valence-corrected chi connectivity index (χ2v) is 5.31. The van der Waals surface area contributed by atoms with E-state index >= 15 is 0 Å². The van der Waals surface area contributed by atoms with Crippen LogP contribution in [0, 0.1) is 6.92 Å². The van der Waals surface area contributed by atoms with Crippen molar-refractivity contribution in [2.24, 2.45) is 5.73 Å². The van der Waals surface area contributed by atoms with Gasteiger partial charge in [0.1, 0.15) is 0 Å². The first-order valence-electron chi connectivity index (χ1n) is 7.28. The van der Waals surface area contributed by atoms with Crippen molar-refractivity contribution in [2.45, 2.75) is 25.8 Å². The lowest BCUT2D eigenvalue weighted by Crippen LogP contribution is -2.29. The summed E-state index contributed by atoms with van der Waals surface area (Å²) in [4.78, 5) is 11.9. The molecule has 0 heterocycles. The lowest BCUT2D eigenvalue weighted by atomic mass is 10.0. The number of nitrogens with two attached hydrogens (primary N) is 1. The van der Waals surface area contributed by atoms with Gasteiger partial charge in [-0.2, -0.15) is 0 Å². The molecule has 0 radical (unpaired) electrons. The fourth-order valence-electron chi connectivity index (χ4n) is 2.19. The molecule has 0 saturated carbocycles. The smallest absolute Gasteiger partial charge is 0.221 e. The molecule has 2 aromatic carbocycles. The van der Waals surface area contributed by atoms with E-state index in [-0.39, 0.29) is 11.9 Å². The number of hydrogen-bond donors (Lipinski definition) is 2. The van der Waals surface area contributed by atoms with Gasteiger partial charge in [-0.15, -0.1) is 0 Å². The number of nitrogens with one attached hydrogen (secondary N) is 1. The van der Waals surface area contributed by atoms with E-state index in [4.69, 9.17) is 5.73 Å². The van der Waals surface area contributed by atoms with Gasteiger partial charge in [-0.05, 0) is 24.5 Å². The molecule has 0 bridgehead atoms. The van der Waals surface area contributed by atoms with Crippen LogP contribution in [-0.4, -0.2) is 12.5 Å². The lowest BCUT2D eigenvalue weighted by Gasteiger charge is -2.12. The van der Waals surface area contributed by atoms with Gasteiger partial charge in [0.15, 0.2) is 0 Å². The summed E-state index contributed by atoms with van der Waals surface area (Å²) in [5, 5.41) is 2.93. The lowest BCUT2D eigenvalue weighted by molar-refractivity contribution is -0.121. The molecule has 1 amide bonds. The molecule has 3 heteroatoms. The van der Waals surface area contributed by atoms with E-state index in [0.717, 1.165) is 12.0 Å². The van der Waals surface area contributed by atoms with Crippen molar-refractivity contribution in [1.82, 2.24) is 5.32 Å². The highest BCUT2D eigenvalue weighted by Gasteiger charge is 2.10. The minimum Gasteiger partial charge on any atom is -0.356 e. The van der Waals surface area contributed by atoms with E-state index in [0.29, 0.717) is 13.0 Å². The average Bonchev–Trinajstić information content (AvgIpc) is 2.50. The summed E-state index contributed by atoms with van der Waals surface area (Å²) >= 11 is 0. The molecule has 1 unspecified atom stereocenters. The Labute approximate surface area is 126 Å². The first-order valence-corrected chi connectivity index (χ1v) is 7.28. The number of carbonyl (C=O) groups is 1. The largest absolute Gasteiger partial charge is 0.356 e. The Morgan fingerprint density at radius 2 is 1.76 bits per heavy atom. The molecule has 3 nitrogen and oxygen atoms in total. The predicted octanol–water partition coefficient (Wildman–Crippen LogP) is 2.74. The number of aryl methyl sites for hydroxylation is 1. The first-order chi connectivity index (χ1) is 10.1. The summed E-state index contributed by atoms with van der Waals surface area (Å²) in [5.41, 5.74) is 9.50. The molecular formula is C18H22N2O. The van der Waals surface area contributed by atoms with E-state index < -0.39 is 0 Å². The summed E-state index contributed by atoms with van der Waals surface area (Å²) < 4.78 is 0. The summed E-state index contributed by atoms with van der Waals surface area (Å²) in [6.45, 7) is 2.71. The Hall–Kier alpha value is -2.13. The Morgan fingerprint density at radius 3 is 2.43 bits per heavy atom. The number of benzene rings is 2. The third kappa shape index (κ3) is 5.04. The molecule has 0 aliphatic rings. The zero-order valence-electron chi connectivity index (χ0n) is 12.4. The molecule has 2 rings (SSSR count). The normalized spacial score (nSPS) is 11.9. The van der Waals surface area contributed by atoms with E-state index in [1.54, 1.807) is 0 Å². The quantitative estimate of drug-likeness (QED) is 0.856. The molecule has 0 fully saturated rings. The number of carbonyl (C=O) groups excluding carboxylic acids is 1. The van der Waals surface area contributed by atoms with Crippen molar-refractivity contribution in [3.8, 4) is 0 Å². The second-order valence-electron chi connectivity index (χ2n) is 5.31. The maximum absolute atomic E-state index is 11.9. The van der Waals surface area contributed by atoms with Crippen molar-refractivity contribution in [1.29, 1.82) is 0 Å². The molecule has 0 aliphatic heterocycles. The first kappa shape index (κ1) is 15.3. The summed E-state index contributed by atoms with van der Waals surface area (Å²) in [5.74, 6) is -0.00142. The van der Waals surface area contributed by atoms with Crippen LogP contribution in [0.4, 0.5) is 0 Å². The van der Waals surface area contributed by atoms with Gasteiger partial charge in [0.25, 0.3) is 0 Å². The van der Waals surface area contributed by atoms with Crippen molar-refractivity contribution in [3.05, 3.63) is 71.3 Å². The van der Waals surface area contributed by atoms with Crippen molar-refractivity contribution in [3.63, 3.8) is 0 Å². The van der Waals surface area contributed by atoms with E-state index in [9.17, 15) is 4.79 Å². The third-order valence-corrected chi connectivity index (χ3v) is 3.49. The second kappa shape index (κ2) is 7.60. The van der Waals surface area contributed by atoms with Gasteiger partial charge in [-0.1, -0.05) is 60.2 Å². The minimum atomic E-state index is -0.245. The fourth-order valence-corrected chi connectivity index (χ4v) is 2.19. The van der Waals surface area contributed by atoms with Gasteiger partial charge in [-0.3, -0.25) is 4.79 Å². The van der Waals surface area contributed by atoms with Crippen LogP contribution in [0.2, 0.25) is 0 Å². The molecule has 2 aromatic rings. The molecule has 110 valence electrons. The van der Waals surface area contributed by atoms with E-state index in [1.165, 1.54) is 11.1 Å². The highest BCUT2D eigenvalue weighted by Crippen LogP contribution is 2.12. The van der Waals surface area contributed by atoms with Gasteiger partial charge in [0.05, 0.1) is 0 Å². The SMILES string of the molecule is Cc1ccc(CCNC(=O)CC(N)c2ccccc2)cc1. The molecule has 0 saturated heterocycles.